The Balaban J connectivity index is 2.29. The molecule has 1 atom stereocenters. The zero-order valence-corrected chi connectivity index (χ0v) is 10.1. The standard InChI is InChI=1S/C12H14N2OS/c1-8-14-11(7-16-8)12(13)9-4-3-5-10(6-9)15-2/h3-7,12H,13H2,1-2H3. The Morgan fingerprint density at radius 3 is 2.88 bits per heavy atom. The molecule has 1 aromatic carbocycles. The van der Waals surface area contributed by atoms with Crippen LogP contribution in [0.3, 0.4) is 0 Å². The zero-order valence-electron chi connectivity index (χ0n) is 9.31. The van der Waals surface area contributed by atoms with Crippen molar-refractivity contribution < 1.29 is 4.74 Å². The normalized spacial score (nSPS) is 12.4. The minimum absolute atomic E-state index is 0.181. The molecule has 0 bridgehead atoms. The maximum Gasteiger partial charge on any atom is 0.119 e. The molecule has 16 heavy (non-hydrogen) atoms. The number of hydrogen-bond donors (Lipinski definition) is 1. The predicted octanol–water partition coefficient (Wildman–Crippen LogP) is 2.51. The molecule has 0 fully saturated rings. The minimum atomic E-state index is -0.181. The van der Waals surface area contributed by atoms with Gasteiger partial charge in [-0.1, -0.05) is 12.1 Å². The topological polar surface area (TPSA) is 48.1 Å². The fourth-order valence-electron chi connectivity index (χ4n) is 1.53. The summed E-state index contributed by atoms with van der Waals surface area (Å²) >= 11 is 1.61. The van der Waals surface area contributed by atoms with Crippen LogP contribution in [0.25, 0.3) is 0 Å². The van der Waals surface area contributed by atoms with Gasteiger partial charge in [-0.15, -0.1) is 11.3 Å². The average molecular weight is 234 g/mol. The van der Waals surface area contributed by atoms with Gasteiger partial charge in [0.15, 0.2) is 0 Å². The van der Waals surface area contributed by atoms with Crippen LogP contribution in [0, 0.1) is 6.92 Å². The van der Waals surface area contributed by atoms with Crippen LogP contribution >= 0.6 is 11.3 Å². The molecular formula is C12H14N2OS. The van der Waals surface area contributed by atoms with Crippen LogP contribution < -0.4 is 10.5 Å². The number of benzene rings is 1. The lowest BCUT2D eigenvalue weighted by atomic mass is 10.1. The van der Waals surface area contributed by atoms with E-state index in [-0.39, 0.29) is 6.04 Å². The molecule has 0 aliphatic rings. The maximum absolute atomic E-state index is 6.14. The van der Waals surface area contributed by atoms with Crippen molar-refractivity contribution in [1.82, 2.24) is 4.98 Å². The van der Waals surface area contributed by atoms with Gasteiger partial charge >= 0.3 is 0 Å². The van der Waals surface area contributed by atoms with E-state index in [2.05, 4.69) is 4.98 Å². The van der Waals surface area contributed by atoms with Gasteiger partial charge in [0.1, 0.15) is 5.75 Å². The molecule has 1 heterocycles. The summed E-state index contributed by atoms with van der Waals surface area (Å²) in [5, 5.41) is 3.03. The first-order valence-electron chi connectivity index (χ1n) is 5.02. The second kappa shape index (κ2) is 4.63. The lowest BCUT2D eigenvalue weighted by molar-refractivity contribution is 0.414. The van der Waals surface area contributed by atoms with Gasteiger partial charge in [0.05, 0.1) is 23.9 Å². The van der Waals surface area contributed by atoms with Crippen LogP contribution in [0.1, 0.15) is 22.3 Å². The number of nitrogens with zero attached hydrogens (tertiary/aromatic N) is 1. The van der Waals surface area contributed by atoms with E-state index >= 15 is 0 Å². The van der Waals surface area contributed by atoms with Crippen LogP contribution in [-0.2, 0) is 0 Å². The average Bonchev–Trinajstić information content (AvgIpc) is 2.75. The molecule has 1 unspecified atom stereocenters. The number of rotatable bonds is 3. The quantitative estimate of drug-likeness (QED) is 0.887. The Morgan fingerprint density at radius 2 is 2.25 bits per heavy atom. The third-order valence-corrected chi connectivity index (χ3v) is 3.20. The first kappa shape index (κ1) is 11.1. The summed E-state index contributed by atoms with van der Waals surface area (Å²) in [6, 6.07) is 7.59. The summed E-state index contributed by atoms with van der Waals surface area (Å²) in [7, 11) is 1.65. The molecule has 0 spiro atoms. The van der Waals surface area contributed by atoms with Crippen LogP contribution in [0.5, 0.6) is 5.75 Å². The summed E-state index contributed by atoms with van der Waals surface area (Å²) in [6.45, 7) is 1.98. The number of nitrogens with two attached hydrogens (primary N) is 1. The van der Waals surface area contributed by atoms with Crippen molar-refractivity contribution >= 4 is 11.3 Å². The Kier molecular flexibility index (Phi) is 3.22. The highest BCUT2D eigenvalue weighted by molar-refractivity contribution is 7.09. The smallest absolute Gasteiger partial charge is 0.119 e. The summed E-state index contributed by atoms with van der Waals surface area (Å²) in [5.41, 5.74) is 8.07. The highest BCUT2D eigenvalue weighted by atomic mass is 32.1. The minimum Gasteiger partial charge on any atom is -0.497 e. The lowest BCUT2D eigenvalue weighted by Gasteiger charge is -2.10. The van der Waals surface area contributed by atoms with Crippen molar-refractivity contribution in [1.29, 1.82) is 0 Å². The van der Waals surface area contributed by atoms with Gasteiger partial charge < -0.3 is 10.5 Å². The largest absolute Gasteiger partial charge is 0.497 e. The molecule has 1 aromatic heterocycles. The van der Waals surface area contributed by atoms with Crippen molar-refractivity contribution in [2.24, 2.45) is 5.73 Å². The van der Waals surface area contributed by atoms with E-state index in [0.29, 0.717) is 0 Å². The molecule has 2 N–H and O–H groups in total. The summed E-state index contributed by atoms with van der Waals surface area (Å²) < 4.78 is 5.17. The van der Waals surface area contributed by atoms with Crippen LogP contribution in [0.2, 0.25) is 0 Å². The van der Waals surface area contributed by atoms with Crippen LogP contribution in [0.4, 0.5) is 0 Å². The maximum atomic E-state index is 6.14. The third-order valence-electron chi connectivity index (χ3n) is 2.41. The van der Waals surface area contributed by atoms with Gasteiger partial charge in [-0.2, -0.15) is 0 Å². The summed E-state index contributed by atoms with van der Waals surface area (Å²) in [6.07, 6.45) is 0. The van der Waals surface area contributed by atoms with Gasteiger partial charge in [0.25, 0.3) is 0 Å². The fourth-order valence-corrected chi connectivity index (χ4v) is 2.18. The molecule has 3 nitrogen and oxygen atoms in total. The number of aromatic nitrogens is 1. The van der Waals surface area contributed by atoms with E-state index in [0.717, 1.165) is 22.0 Å². The molecular weight excluding hydrogens is 220 g/mol. The van der Waals surface area contributed by atoms with Crippen molar-refractivity contribution in [3.8, 4) is 5.75 Å². The van der Waals surface area contributed by atoms with E-state index in [9.17, 15) is 0 Å². The van der Waals surface area contributed by atoms with Crippen molar-refractivity contribution in [2.75, 3.05) is 7.11 Å². The van der Waals surface area contributed by atoms with Gasteiger partial charge in [-0.25, -0.2) is 4.98 Å². The first-order chi connectivity index (χ1) is 7.70. The van der Waals surface area contributed by atoms with Gasteiger partial charge in [0.2, 0.25) is 0 Å². The first-order valence-corrected chi connectivity index (χ1v) is 5.90. The zero-order chi connectivity index (χ0) is 11.5. The molecule has 4 heteroatoms. The van der Waals surface area contributed by atoms with E-state index < -0.39 is 0 Å². The Hall–Kier alpha value is -1.39. The lowest BCUT2D eigenvalue weighted by Crippen LogP contribution is -2.12. The Morgan fingerprint density at radius 1 is 1.44 bits per heavy atom. The molecule has 0 aliphatic heterocycles. The molecule has 0 saturated heterocycles. The van der Waals surface area contributed by atoms with Gasteiger partial charge in [-0.05, 0) is 24.6 Å². The number of methoxy groups -OCH3 is 1. The Bertz CT molecular complexity index is 481. The monoisotopic (exact) mass is 234 g/mol. The molecule has 0 amide bonds. The second-order valence-corrected chi connectivity index (χ2v) is 4.61. The third kappa shape index (κ3) is 2.23. The highest BCUT2D eigenvalue weighted by Gasteiger charge is 2.12. The second-order valence-electron chi connectivity index (χ2n) is 3.55. The van der Waals surface area contributed by atoms with Gasteiger partial charge in [-0.3, -0.25) is 0 Å². The number of aryl methyl sites for hydroxylation is 1. The SMILES string of the molecule is COc1cccc(C(N)c2csc(C)n2)c1. The Labute approximate surface area is 98.9 Å². The number of ether oxygens (including phenoxy) is 1. The highest BCUT2D eigenvalue weighted by Crippen LogP contribution is 2.23. The molecule has 0 radical (unpaired) electrons. The fraction of sp³-hybridized carbons (Fsp3) is 0.250. The van der Waals surface area contributed by atoms with E-state index in [1.807, 2.05) is 36.6 Å². The van der Waals surface area contributed by atoms with Crippen molar-refractivity contribution in [3.05, 3.63) is 45.9 Å². The van der Waals surface area contributed by atoms with Crippen molar-refractivity contribution in [3.63, 3.8) is 0 Å². The van der Waals surface area contributed by atoms with Crippen LogP contribution in [0.15, 0.2) is 29.6 Å². The van der Waals surface area contributed by atoms with Crippen molar-refractivity contribution in [2.45, 2.75) is 13.0 Å². The molecule has 84 valence electrons. The van der Waals surface area contributed by atoms with E-state index in [4.69, 9.17) is 10.5 Å². The predicted molar refractivity (Wildman–Crippen MR) is 65.9 cm³/mol. The summed E-state index contributed by atoms with van der Waals surface area (Å²) in [5.74, 6) is 0.819. The van der Waals surface area contributed by atoms with Gasteiger partial charge in [0, 0.05) is 5.38 Å². The molecule has 0 saturated carbocycles. The number of thiazole rings is 1. The molecule has 0 aliphatic carbocycles. The van der Waals surface area contributed by atoms with E-state index in [1.54, 1.807) is 18.4 Å². The molecule has 2 aromatic rings. The van der Waals surface area contributed by atoms with E-state index in [1.165, 1.54) is 0 Å². The number of hydrogen-bond acceptors (Lipinski definition) is 4. The summed E-state index contributed by atoms with van der Waals surface area (Å²) in [4.78, 5) is 4.40. The van der Waals surface area contributed by atoms with Crippen LogP contribution in [-0.4, -0.2) is 12.1 Å². The molecule has 2 rings (SSSR count).